The average Bonchev–Trinajstić information content (AvgIpc) is 2.88. The third kappa shape index (κ3) is 7.03. The lowest BCUT2D eigenvalue weighted by atomic mass is 9.98. The summed E-state index contributed by atoms with van der Waals surface area (Å²) in [5.74, 6) is -0.715. The van der Waals surface area contributed by atoms with Crippen LogP contribution in [0.1, 0.15) is 32.3 Å². The summed E-state index contributed by atoms with van der Waals surface area (Å²) in [6, 6.07) is 4.97. The fourth-order valence-electron chi connectivity index (χ4n) is 3.90. The van der Waals surface area contributed by atoms with Gasteiger partial charge in [-0.05, 0) is 32.6 Å². The smallest absolute Gasteiger partial charge is 0.437 e. The Kier molecular flexibility index (Phi) is 9.37. The van der Waals surface area contributed by atoms with Gasteiger partial charge in [0.2, 0.25) is 0 Å². The maximum absolute atomic E-state index is 15.0. The molecule has 1 fully saturated rings. The van der Waals surface area contributed by atoms with Gasteiger partial charge < -0.3 is 30.7 Å². The lowest BCUT2D eigenvalue weighted by Crippen LogP contribution is -2.47. The second-order valence-electron chi connectivity index (χ2n) is 8.32. The van der Waals surface area contributed by atoms with Crippen LogP contribution in [0.4, 0.5) is 14.0 Å². The zero-order valence-corrected chi connectivity index (χ0v) is 20.5. The van der Waals surface area contributed by atoms with Crippen LogP contribution in [0.15, 0.2) is 35.6 Å². The number of hydrogen-bond donors (Lipinski definition) is 2. The molecule has 12 heteroatoms. The third-order valence-corrected chi connectivity index (χ3v) is 5.96. The van der Waals surface area contributed by atoms with Gasteiger partial charge in [-0.25, -0.2) is 23.9 Å². The van der Waals surface area contributed by atoms with E-state index in [0.717, 1.165) is 12.8 Å². The van der Waals surface area contributed by atoms with Crippen molar-refractivity contribution in [3.63, 3.8) is 0 Å². The number of guanidine groups is 1. The summed E-state index contributed by atoms with van der Waals surface area (Å²) in [6.45, 7) is 6.85. The maximum atomic E-state index is 15.0. The van der Waals surface area contributed by atoms with Gasteiger partial charge >= 0.3 is 18.1 Å². The van der Waals surface area contributed by atoms with Gasteiger partial charge in [-0.1, -0.05) is 18.2 Å². The van der Waals surface area contributed by atoms with E-state index in [9.17, 15) is 14.0 Å². The number of benzene rings is 1. The van der Waals surface area contributed by atoms with Crippen molar-refractivity contribution in [2.75, 3.05) is 32.8 Å². The SMILES string of the molecule is CCN(CC)C(=O)N1CCC(COc2ncc(-c3cccc(COC(=O)N=C(N)N)c3F)cn2)CC1. The van der Waals surface area contributed by atoms with Gasteiger partial charge in [-0.2, -0.15) is 0 Å². The molecule has 3 amide bonds. The number of rotatable bonds is 8. The molecule has 1 aliphatic heterocycles. The van der Waals surface area contributed by atoms with Gasteiger partial charge in [0.1, 0.15) is 12.4 Å². The number of halogens is 1. The van der Waals surface area contributed by atoms with Gasteiger partial charge in [-0.15, -0.1) is 4.99 Å². The van der Waals surface area contributed by atoms with Crippen LogP contribution in [0.25, 0.3) is 11.1 Å². The van der Waals surface area contributed by atoms with Gasteiger partial charge in [0.05, 0.1) is 6.61 Å². The van der Waals surface area contributed by atoms with Crippen LogP contribution in [0.5, 0.6) is 6.01 Å². The highest BCUT2D eigenvalue weighted by Gasteiger charge is 2.25. The number of aliphatic imine (C=N–C) groups is 1. The maximum Gasteiger partial charge on any atom is 0.437 e. The van der Waals surface area contributed by atoms with Gasteiger partial charge in [0.15, 0.2) is 5.96 Å². The van der Waals surface area contributed by atoms with Crippen LogP contribution in [-0.2, 0) is 11.3 Å². The number of nitrogens with zero attached hydrogens (tertiary/aromatic N) is 5. The molecule has 0 saturated carbocycles. The molecule has 3 rings (SSSR count). The summed E-state index contributed by atoms with van der Waals surface area (Å²) < 4.78 is 25.6. The molecule has 0 atom stereocenters. The number of urea groups is 1. The first-order valence-corrected chi connectivity index (χ1v) is 11.8. The second-order valence-corrected chi connectivity index (χ2v) is 8.32. The Morgan fingerprint density at radius 3 is 2.44 bits per heavy atom. The predicted molar refractivity (Wildman–Crippen MR) is 132 cm³/mol. The number of likely N-dealkylation sites (tertiary alicyclic amines) is 1. The van der Waals surface area contributed by atoms with Crippen molar-refractivity contribution < 1.29 is 23.5 Å². The van der Waals surface area contributed by atoms with E-state index >= 15 is 0 Å². The van der Waals surface area contributed by atoms with Crippen LogP contribution in [0, 0.1) is 11.7 Å². The predicted octanol–water partition coefficient (Wildman–Crippen LogP) is 2.75. The highest BCUT2D eigenvalue weighted by Crippen LogP contribution is 2.25. The summed E-state index contributed by atoms with van der Waals surface area (Å²) in [4.78, 5) is 39.3. The Bertz CT molecular complexity index is 1060. The van der Waals surface area contributed by atoms with Crippen molar-refractivity contribution in [2.45, 2.75) is 33.3 Å². The van der Waals surface area contributed by atoms with Crippen molar-refractivity contribution >= 4 is 18.1 Å². The van der Waals surface area contributed by atoms with Crippen LogP contribution in [0.2, 0.25) is 0 Å². The van der Waals surface area contributed by atoms with Crippen LogP contribution >= 0.6 is 0 Å². The number of carbonyl (C=O) groups is 2. The van der Waals surface area contributed by atoms with E-state index in [1.54, 1.807) is 12.1 Å². The Morgan fingerprint density at radius 1 is 1.17 bits per heavy atom. The Labute approximate surface area is 209 Å². The molecule has 4 N–H and O–H groups in total. The van der Waals surface area contributed by atoms with Crippen molar-refractivity contribution in [2.24, 2.45) is 22.4 Å². The number of amides is 3. The molecule has 1 aromatic carbocycles. The zero-order valence-electron chi connectivity index (χ0n) is 20.5. The Hall–Kier alpha value is -3.96. The minimum atomic E-state index is -1.01. The number of hydrogen-bond acceptors (Lipinski definition) is 6. The molecule has 0 unspecified atom stereocenters. The molecule has 2 heterocycles. The minimum absolute atomic E-state index is 0.0847. The lowest BCUT2D eigenvalue weighted by molar-refractivity contribution is 0.119. The highest BCUT2D eigenvalue weighted by atomic mass is 19.1. The highest BCUT2D eigenvalue weighted by molar-refractivity contribution is 5.87. The van der Waals surface area contributed by atoms with Gasteiger partial charge in [-0.3, -0.25) is 0 Å². The third-order valence-electron chi connectivity index (χ3n) is 5.96. The first-order valence-electron chi connectivity index (χ1n) is 11.8. The van der Waals surface area contributed by atoms with Gasteiger partial charge in [0, 0.05) is 55.3 Å². The largest absolute Gasteiger partial charge is 0.463 e. The fraction of sp³-hybridized carbons (Fsp3) is 0.458. The van der Waals surface area contributed by atoms with E-state index in [1.807, 2.05) is 23.6 Å². The number of aromatic nitrogens is 2. The molecule has 0 radical (unpaired) electrons. The monoisotopic (exact) mass is 501 g/mol. The summed E-state index contributed by atoms with van der Waals surface area (Å²) in [5, 5.41) is 0. The van der Waals surface area contributed by atoms with E-state index in [0.29, 0.717) is 44.3 Å². The van der Waals surface area contributed by atoms with Crippen molar-refractivity contribution in [3.8, 4) is 17.1 Å². The topological polar surface area (TPSA) is 149 Å². The van der Waals surface area contributed by atoms with Crippen molar-refractivity contribution in [1.29, 1.82) is 0 Å². The summed E-state index contributed by atoms with van der Waals surface area (Å²) in [6.07, 6.45) is 3.63. The lowest BCUT2D eigenvalue weighted by Gasteiger charge is -2.35. The van der Waals surface area contributed by atoms with Crippen molar-refractivity contribution in [1.82, 2.24) is 19.8 Å². The molecule has 2 aromatic rings. The van der Waals surface area contributed by atoms with Crippen LogP contribution in [0.3, 0.4) is 0 Å². The first kappa shape index (κ1) is 26.6. The van der Waals surface area contributed by atoms with E-state index in [-0.39, 0.29) is 29.8 Å². The standard InChI is InChI=1S/C24H32FN7O4/c1-3-31(4-2)24(34)32-10-8-16(9-11-32)14-35-22-28-12-18(13-29-22)19-7-5-6-17(20(19)25)15-36-23(33)30-21(26)27/h5-7,12-13,16H,3-4,8-11,14-15H2,1-2H3,(H4,26,27,30,33). The Balaban J connectivity index is 1.53. The minimum Gasteiger partial charge on any atom is -0.463 e. The molecule has 0 spiro atoms. The van der Waals surface area contributed by atoms with E-state index in [1.165, 1.54) is 18.5 Å². The number of nitrogens with two attached hydrogens (primary N) is 2. The summed E-state index contributed by atoms with van der Waals surface area (Å²) in [5.41, 5.74) is 11.1. The summed E-state index contributed by atoms with van der Waals surface area (Å²) in [7, 11) is 0. The quantitative estimate of drug-likeness (QED) is 0.414. The molecule has 194 valence electrons. The molecule has 1 aromatic heterocycles. The number of piperidine rings is 1. The molecule has 1 saturated heterocycles. The molecule has 11 nitrogen and oxygen atoms in total. The normalized spacial score (nSPS) is 13.7. The van der Waals surface area contributed by atoms with E-state index in [4.69, 9.17) is 20.9 Å². The zero-order chi connectivity index (χ0) is 26.1. The molecule has 36 heavy (non-hydrogen) atoms. The molecule has 0 bridgehead atoms. The first-order chi connectivity index (χ1) is 17.3. The van der Waals surface area contributed by atoms with E-state index < -0.39 is 17.9 Å². The number of carbonyl (C=O) groups excluding carboxylic acids is 2. The van der Waals surface area contributed by atoms with Crippen LogP contribution < -0.4 is 16.2 Å². The Morgan fingerprint density at radius 2 is 1.83 bits per heavy atom. The fourth-order valence-corrected chi connectivity index (χ4v) is 3.90. The average molecular weight is 502 g/mol. The van der Waals surface area contributed by atoms with E-state index in [2.05, 4.69) is 15.0 Å². The van der Waals surface area contributed by atoms with Crippen LogP contribution in [-0.4, -0.2) is 70.6 Å². The van der Waals surface area contributed by atoms with Crippen molar-refractivity contribution in [3.05, 3.63) is 42.0 Å². The van der Waals surface area contributed by atoms with Gasteiger partial charge in [0.25, 0.3) is 0 Å². The number of ether oxygens (including phenoxy) is 2. The second kappa shape index (κ2) is 12.7. The molecular weight excluding hydrogens is 469 g/mol. The molecule has 1 aliphatic rings. The molecular formula is C24H32FN7O4. The summed E-state index contributed by atoms with van der Waals surface area (Å²) >= 11 is 0. The molecule has 0 aliphatic carbocycles.